The van der Waals surface area contributed by atoms with Crippen LogP contribution in [0, 0.1) is 17.2 Å². The molecule has 1 unspecified atom stereocenters. The molecule has 0 radical (unpaired) electrons. The van der Waals surface area contributed by atoms with Crippen molar-refractivity contribution in [2.45, 2.75) is 95.2 Å². The lowest BCUT2D eigenvalue weighted by molar-refractivity contribution is -0.136. The predicted octanol–water partition coefficient (Wildman–Crippen LogP) is 6.87. The molecule has 5 aliphatic heterocycles. The number of piperidine rings is 4. The van der Waals surface area contributed by atoms with Gasteiger partial charge in [0.25, 0.3) is 11.8 Å². The van der Waals surface area contributed by atoms with Crippen LogP contribution in [0.1, 0.15) is 120 Å². The van der Waals surface area contributed by atoms with Crippen molar-refractivity contribution < 1.29 is 23.9 Å². The van der Waals surface area contributed by atoms with Crippen LogP contribution in [0.4, 0.5) is 5.69 Å². The number of nitriles is 1. The Morgan fingerprint density at radius 2 is 1.55 bits per heavy atom. The van der Waals surface area contributed by atoms with Gasteiger partial charge < -0.3 is 19.4 Å². The fourth-order valence-corrected chi connectivity index (χ4v) is 10.6. The van der Waals surface area contributed by atoms with Crippen LogP contribution in [0.15, 0.2) is 72.9 Å². The lowest BCUT2D eigenvalue weighted by atomic mass is 9.78. The van der Waals surface area contributed by atoms with Crippen LogP contribution >= 0.6 is 11.6 Å². The molecule has 13 nitrogen and oxygen atoms in total. The van der Waals surface area contributed by atoms with Gasteiger partial charge in [0.1, 0.15) is 24.2 Å². The number of hydrogen-bond acceptors (Lipinski definition) is 11. The highest BCUT2D eigenvalue weighted by Crippen LogP contribution is 2.36. The van der Waals surface area contributed by atoms with Crippen molar-refractivity contribution in [3.8, 4) is 11.8 Å². The van der Waals surface area contributed by atoms with Crippen molar-refractivity contribution >= 4 is 40.9 Å². The summed E-state index contributed by atoms with van der Waals surface area (Å²) < 4.78 is 6.18. The molecule has 14 heteroatoms. The van der Waals surface area contributed by atoms with E-state index in [1.54, 1.807) is 18.2 Å². The molecule has 0 saturated carbocycles. The third-order valence-corrected chi connectivity index (χ3v) is 14.5. The number of imide groups is 2. The minimum Gasteiger partial charge on any atom is -0.487 e. The number of anilines is 1. The number of aromatic nitrogens is 2. The molecule has 0 aliphatic carbocycles. The lowest BCUT2D eigenvalue weighted by Gasteiger charge is -2.43. The summed E-state index contributed by atoms with van der Waals surface area (Å²) in [6, 6.07) is 22.8. The standard InChI is InChI=1S/C50H55ClN8O5/c1-50(2,36-25-33(29-52)26-37(51)27-36)35-3-6-41(7-4-35)64-31-38-11-18-53-46(54-38)34-14-23-57(24-15-34)39-16-19-56(20-17-39)30-32-12-21-58(22-13-32)40-5-8-42-43(28-40)49(63)59(48(42)62)44-9-10-45(60)55-47(44)61/h3-8,11,18,25-28,32,34,39,44H,9-10,12-17,19-24,30-31H2,1-2H3,(H,55,60,61). The number of nitrogens with one attached hydrogen (secondary N) is 1. The summed E-state index contributed by atoms with van der Waals surface area (Å²) in [4.78, 5) is 69.0. The van der Waals surface area contributed by atoms with E-state index in [4.69, 9.17) is 26.3 Å². The third kappa shape index (κ3) is 9.14. The van der Waals surface area contributed by atoms with Gasteiger partial charge in [0.05, 0.1) is 28.5 Å². The zero-order chi connectivity index (χ0) is 44.5. The van der Waals surface area contributed by atoms with Gasteiger partial charge >= 0.3 is 0 Å². The van der Waals surface area contributed by atoms with Crippen molar-refractivity contribution in [2.75, 3.05) is 50.7 Å². The maximum atomic E-state index is 13.4. The molecule has 4 amide bonds. The Morgan fingerprint density at radius 3 is 2.27 bits per heavy atom. The Morgan fingerprint density at radius 1 is 0.812 bits per heavy atom. The average molecular weight is 883 g/mol. The summed E-state index contributed by atoms with van der Waals surface area (Å²) in [6.07, 6.45) is 8.72. The normalized spacial score (nSPS) is 20.9. The second kappa shape index (κ2) is 18.4. The molecule has 1 atom stereocenters. The largest absolute Gasteiger partial charge is 0.487 e. The van der Waals surface area contributed by atoms with E-state index in [9.17, 15) is 24.4 Å². The molecule has 332 valence electrons. The lowest BCUT2D eigenvalue weighted by Crippen LogP contribution is -2.54. The van der Waals surface area contributed by atoms with E-state index < -0.39 is 23.8 Å². The number of rotatable bonds is 11. The number of nitrogens with zero attached hydrogens (tertiary/aromatic N) is 7. The van der Waals surface area contributed by atoms with Crippen LogP contribution in [-0.2, 0) is 21.6 Å². The predicted molar refractivity (Wildman–Crippen MR) is 242 cm³/mol. The van der Waals surface area contributed by atoms with Crippen molar-refractivity contribution in [3.63, 3.8) is 0 Å². The van der Waals surface area contributed by atoms with E-state index in [0.29, 0.717) is 46.2 Å². The Kier molecular flexibility index (Phi) is 12.5. The van der Waals surface area contributed by atoms with Crippen LogP contribution < -0.4 is 15.0 Å². The highest BCUT2D eigenvalue weighted by Gasteiger charge is 2.45. The molecule has 1 N–H and O–H groups in total. The van der Waals surface area contributed by atoms with Crippen LogP contribution in [-0.4, -0.2) is 106 Å². The van der Waals surface area contributed by atoms with Crippen LogP contribution in [0.25, 0.3) is 0 Å². The molecule has 6 heterocycles. The van der Waals surface area contributed by atoms with Gasteiger partial charge in [0.2, 0.25) is 11.8 Å². The summed E-state index contributed by atoms with van der Waals surface area (Å²) in [5.74, 6) is 0.719. The Bertz CT molecular complexity index is 2460. The number of carbonyl (C=O) groups excluding carboxylic acids is 4. The highest BCUT2D eigenvalue weighted by atomic mass is 35.5. The molecule has 64 heavy (non-hydrogen) atoms. The summed E-state index contributed by atoms with van der Waals surface area (Å²) >= 11 is 6.32. The maximum absolute atomic E-state index is 13.4. The number of ether oxygens (including phenoxy) is 1. The van der Waals surface area contributed by atoms with Crippen molar-refractivity contribution in [1.29, 1.82) is 5.26 Å². The molecule has 4 fully saturated rings. The summed E-state index contributed by atoms with van der Waals surface area (Å²) in [5.41, 5.74) is 4.73. The molecule has 1 aromatic heterocycles. The smallest absolute Gasteiger partial charge is 0.262 e. The molecule has 3 aromatic carbocycles. The number of hydrogen-bond donors (Lipinski definition) is 1. The second-order valence-electron chi connectivity index (χ2n) is 18.6. The van der Waals surface area contributed by atoms with Gasteiger partial charge in [-0.1, -0.05) is 37.6 Å². The fourth-order valence-electron chi connectivity index (χ4n) is 10.4. The molecule has 4 aromatic rings. The summed E-state index contributed by atoms with van der Waals surface area (Å²) in [7, 11) is 0. The van der Waals surface area contributed by atoms with E-state index in [1.807, 2.05) is 42.6 Å². The number of halogens is 1. The molecule has 0 bridgehead atoms. The number of carbonyl (C=O) groups is 4. The molecular formula is C50H55ClN8O5. The molecule has 4 saturated heterocycles. The van der Waals surface area contributed by atoms with Gasteiger partial charge in [-0.05, 0) is 143 Å². The minimum absolute atomic E-state index is 0.103. The number of likely N-dealkylation sites (tertiary alicyclic amines) is 2. The first kappa shape index (κ1) is 43.6. The fraction of sp³-hybridized carbons (Fsp3) is 0.460. The first-order valence-corrected chi connectivity index (χ1v) is 23.1. The average Bonchev–Trinajstić information content (AvgIpc) is 3.56. The summed E-state index contributed by atoms with van der Waals surface area (Å²) in [6.45, 7) is 11.9. The molecular weight excluding hydrogens is 828 g/mol. The van der Waals surface area contributed by atoms with E-state index in [2.05, 4.69) is 52.1 Å². The van der Waals surface area contributed by atoms with Crippen LogP contribution in [0.3, 0.4) is 0 Å². The highest BCUT2D eigenvalue weighted by molar-refractivity contribution is 6.30. The first-order chi connectivity index (χ1) is 30.9. The van der Waals surface area contributed by atoms with Crippen molar-refractivity contribution in [2.24, 2.45) is 5.92 Å². The SMILES string of the molecule is CC(C)(c1ccc(OCc2ccnc(C3CCN(C4CCN(CC5CCN(c6ccc7c(c6)C(=O)N(C6CCC(=O)NC6=O)C7=O)CC5)CC4)CC3)n2)cc1)c1cc(Cl)cc(C#N)c1. The molecule has 5 aliphatic rings. The van der Waals surface area contributed by atoms with E-state index in [0.717, 1.165) is 110 Å². The maximum Gasteiger partial charge on any atom is 0.262 e. The second-order valence-corrected chi connectivity index (χ2v) is 19.1. The zero-order valence-electron chi connectivity index (χ0n) is 36.6. The Hall–Kier alpha value is -5.68. The number of fused-ring (bicyclic) bond motifs is 1. The van der Waals surface area contributed by atoms with Gasteiger partial charge in [0.15, 0.2) is 0 Å². The Balaban J connectivity index is 0.698. The van der Waals surface area contributed by atoms with Crippen LogP contribution in [0.2, 0.25) is 5.02 Å². The molecule has 9 rings (SSSR count). The van der Waals surface area contributed by atoms with Crippen molar-refractivity contribution in [1.82, 2.24) is 30.0 Å². The van der Waals surface area contributed by atoms with Gasteiger partial charge in [-0.15, -0.1) is 0 Å². The van der Waals surface area contributed by atoms with Gasteiger partial charge in [-0.3, -0.25) is 29.4 Å². The van der Waals surface area contributed by atoms with E-state index in [1.165, 1.54) is 12.8 Å². The Labute approximate surface area is 379 Å². The summed E-state index contributed by atoms with van der Waals surface area (Å²) in [5, 5.41) is 12.2. The monoisotopic (exact) mass is 882 g/mol. The number of amides is 4. The van der Waals surface area contributed by atoms with E-state index >= 15 is 0 Å². The van der Waals surface area contributed by atoms with Gasteiger partial charge in [-0.25, -0.2) is 9.97 Å². The molecule has 0 spiro atoms. The van der Waals surface area contributed by atoms with Crippen molar-refractivity contribution in [3.05, 3.63) is 117 Å². The minimum atomic E-state index is -0.959. The van der Waals surface area contributed by atoms with Crippen LogP contribution in [0.5, 0.6) is 5.75 Å². The quantitative estimate of drug-likeness (QED) is 0.157. The number of benzene rings is 3. The third-order valence-electron chi connectivity index (χ3n) is 14.3. The first-order valence-electron chi connectivity index (χ1n) is 22.8. The van der Waals surface area contributed by atoms with E-state index in [-0.39, 0.29) is 24.2 Å². The topological polar surface area (TPSA) is 152 Å². The van der Waals surface area contributed by atoms with Gasteiger partial charge in [-0.2, -0.15) is 5.26 Å². The van der Waals surface area contributed by atoms with Gasteiger partial charge in [0, 0.05) is 60.3 Å². The zero-order valence-corrected chi connectivity index (χ0v) is 37.4.